The van der Waals surface area contributed by atoms with E-state index in [9.17, 15) is 22.4 Å². The Morgan fingerprint density at radius 2 is 1.70 bits per heavy atom. The first-order valence-corrected chi connectivity index (χ1v) is 12.5. The molecular formula is C28H25F4N3OS. The van der Waals surface area contributed by atoms with Crippen molar-refractivity contribution in [3.63, 3.8) is 0 Å². The van der Waals surface area contributed by atoms with E-state index in [1.165, 1.54) is 23.5 Å². The fourth-order valence-corrected chi connectivity index (χ4v) is 4.73. The van der Waals surface area contributed by atoms with Crippen LogP contribution < -0.4 is 5.32 Å². The predicted octanol–water partition coefficient (Wildman–Crippen LogP) is 6.99. The minimum atomic E-state index is -4.46. The third kappa shape index (κ3) is 7.24. The number of carbonyl (C=O) groups is 1. The number of aromatic nitrogens is 1. The first-order valence-electron chi connectivity index (χ1n) is 11.6. The molecule has 0 saturated carbocycles. The van der Waals surface area contributed by atoms with Crippen LogP contribution in [0.5, 0.6) is 0 Å². The van der Waals surface area contributed by atoms with E-state index in [0.717, 1.165) is 17.7 Å². The Bertz CT molecular complexity index is 1340. The van der Waals surface area contributed by atoms with Crippen molar-refractivity contribution < 1.29 is 22.4 Å². The van der Waals surface area contributed by atoms with Gasteiger partial charge in [0.2, 0.25) is 0 Å². The van der Waals surface area contributed by atoms with Gasteiger partial charge in [0, 0.05) is 24.0 Å². The molecule has 0 bridgehead atoms. The lowest BCUT2D eigenvalue weighted by molar-refractivity contribution is -0.137. The average Bonchev–Trinajstić information content (AvgIpc) is 3.34. The maximum absolute atomic E-state index is 14.4. The molecule has 3 aromatic carbocycles. The highest BCUT2D eigenvalue weighted by atomic mass is 32.1. The zero-order valence-electron chi connectivity index (χ0n) is 20.0. The van der Waals surface area contributed by atoms with Crippen molar-refractivity contribution in [3.8, 4) is 0 Å². The summed E-state index contributed by atoms with van der Waals surface area (Å²) in [5, 5.41) is 5.17. The van der Waals surface area contributed by atoms with Gasteiger partial charge in [-0.1, -0.05) is 66.7 Å². The van der Waals surface area contributed by atoms with Gasteiger partial charge in [-0.25, -0.2) is 9.37 Å². The van der Waals surface area contributed by atoms with Crippen LogP contribution in [0.15, 0.2) is 84.2 Å². The molecule has 0 fully saturated rings. The number of rotatable bonds is 9. The lowest BCUT2D eigenvalue weighted by Gasteiger charge is -2.22. The van der Waals surface area contributed by atoms with Gasteiger partial charge >= 0.3 is 6.18 Å². The molecular weight excluding hydrogens is 502 g/mol. The molecule has 1 amide bonds. The summed E-state index contributed by atoms with van der Waals surface area (Å²) in [4.78, 5) is 19.0. The van der Waals surface area contributed by atoms with Gasteiger partial charge in [-0.3, -0.25) is 9.69 Å². The molecule has 0 aliphatic rings. The van der Waals surface area contributed by atoms with Crippen LogP contribution in [0.25, 0.3) is 0 Å². The van der Waals surface area contributed by atoms with Crippen molar-refractivity contribution in [2.24, 2.45) is 0 Å². The van der Waals surface area contributed by atoms with E-state index in [1.807, 2.05) is 37.3 Å². The molecule has 0 spiro atoms. The monoisotopic (exact) mass is 527 g/mol. The topological polar surface area (TPSA) is 45.2 Å². The average molecular weight is 528 g/mol. The summed E-state index contributed by atoms with van der Waals surface area (Å²) in [6, 6.07) is 20.7. The summed E-state index contributed by atoms with van der Waals surface area (Å²) >= 11 is 1.27. The van der Waals surface area contributed by atoms with E-state index >= 15 is 0 Å². The van der Waals surface area contributed by atoms with Crippen LogP contribution in [0.1, 0.15) is 50.7 Å². The summed E-state index contributed by atoms with van der Waals surface area (Å²) in [7, 11) is 0. The van der Waals surface area contributed by atoms with Gasteiger partial charge in [0.25, 0.3) is 5.91 Å². The quantitative estimate of drug-likeness (QED) is 0.239. The number of carbonyl (C=O) groups excluding carboxylic acids is 1. The first kappa shape index (κ1) is 26.5. The molecule has 1 heterocycles. The van der Waals surface area contributed by atoms with E-state index in [1.54, 1.807) is 34.5 Å². The molecule has 37 heavy (non-hydrogen) atoms. The van der Waals surface area contributed by atoms with E-state index in [-0.39, 0.29) is 37.3 Å². The molecule has 1 atom stereocenters. The van der Waals surface area contributed by atoms with Crippen LogP contribution in [0.3, 0.4) is 0 Å². The molecule has 0 saturated heterocycles. The highest BCUT2D eigenvalue weighted by molar-refractivity contribution is 7.09. The fourth-order valence-electron chi connectivity index (χ4n) is 3.91. The molecule has 1 N–H and O–H groups in total. The highest BCUT2D eigenvalue weighted by Crippen LogP contribution is 2.30. The van der Waals surface area contributed by atoms with Gasteiger partial charge in [-0.05, 0) is 30.2 Å². The summed E-state index contributed by atoms with van der Waals surface area (Å²) in [6.45, 7) is 2.42. The fraction of sp³-hybridized carbons (Fsp3) is 0.214. The highest BCUT2D eigenvalue weighted by Gasteiger charge is 2.30. The number of nitrogens with zero attached hydrogens (tertiary/aromatic N) is 2. The molecule has 1 aromatic heterocycles. The minimum Gasteiger partial charge on any atom is -0.344 e. The number of amides is 1. The zero-order valence-corrected chi connectivity index (χ0v) is 20.8. The van der Waals surface area contributed by atoms with Crippen molar-refractivity contribution in [3.05, 3.63) is 123 Å². The van der Waals surface area contributed by atoms with Crippen molar-refractivity contribution in [1.82, 2.24) is 15.2 Å². The number of thiazole rings is 1. The molecule has 0 aliphatic carbocycles. The lowest BCUT2D eigenvalue weighted by atomic mass is 10.1. The number of benzene rings is 3. The molecule has 9 heteroatoms. The second kappa shape index (κ2) is 11.7. The van der Waals surface area contributed by atoms with Crippen LogP contribution in [-0.4, -0.2) is 15.8 Å². The Balaban J connectivity index is 1.50. The molecule has 4 nitrogen and oxygen atoms in total. The Morgan fingerprint density at radius 3 is 2.43 bits per heavy atom. The maximum Gasteiger partial charge on any atom is 0.416 e. The Labute approximate surface area is 216 Å². The summed E-state index contributed by atoms with van der Waals surface area (Å²) in [6.07, 6.45) is -4.46. The number of hydrogen-bond donors (Lipinski definition) is 1. The summed E-state index contributed by atoms with van der Waals surface area (Å²) < 4.78 is 54.0. The Hall–Kier alpha value is -3.56. The van der Waals surface area contributed by atoms with E-state index in [2.05, 4.69) is 10.3 Å². The standard InChI is InChI=1S/C28H25F4N3OS/c1-19(21-9-3-2-4-10-21)33-27(36)25-18-37-26(34-25)17-35(16-22-11-5-6-13-24(22)29)15-20-8-7-12-23(14-20)28(30,31)32/h2-14,18-19H,15-17H2,1H3,(H,33,36). The number of hydrogen-bond acceptors (Lipinski definition) is 4. The van der Waals surface area contributed by atoms with Crippen molar-refractivity contribution in [2.75, 3.05) is 0 Å². The summed E-state index contributed by atoms with van der Waals surface area (Å²) in [5.74, 6) is -0.719. The number of nitrogens with one attached hydrogen (secondary N) is 1. The van der Waals surface area contributed by atoms with Crippen LogP contribution in [0, 0.1) is 5.82 Å². The maximum atomic E-state index is 14.4. The van der Waals surface area contributed by atoms with Crippen LogP contribution in [-0.2, 0) is 25.8 Å². The number of halogens is 4. The molecule has 0 radical (unpaired) electrons. The van der Waals surface area contributed by atoms with Gasteiger partial charge in [0.05, 0.1) is 18.2 Å². The van der Waals surface area contributed by atoms with E-state index in [4.69, 9.17) is 0 Å². The molecule has 1 unspecified atom stereocenters. The SMILES string of the molecule is CC(NC(=O)c1csc(CN(Cc2cccc(C(F)(F)F)c2)Cc2ccccc2F)n1)c1ccccc1. The predicted molar refractivity (Wildman–Crippen MR) is 135 cm³/mol. The molecule has 192 valence electrons. The Morgan fingerprint density at radius 1 is 0.973 bits per heavy atom. The van der Waals surface area contributed by atoms with Gasteiger partial charge in [-0.2, -0.15) is 13.2 Å². The normalized spacial score (nSPS) is 12.5. The first-order chi connectivity index (χ1) is 17.7. The van der Waals surface area contributed by atoms with Crippen LogP contribution in [0.4, 0.5) is 17.6 Å². The van der Waals surface area contributed by atoms with Gasteiger partial charge in [-0.15, -0.1) is 11.3 Å². The molecule has 0 aliphatic heterocycles. The van der Waals surface area contributed by atoms with Crippen molar-refractivity contribution in [1.29, 1.82) is 0 Å². The summed E-state index contributed by atoms with van der Waals surface area (Å²) in [5.41, 5.74) is 1.34. The smallest absolute Gasteiger partial charge is 0.344 e. The second-order valence-corrected chi connectivity index (χ2v) is 9.61. The van der Waals surface area contributed by atoms with Crippen LogP contribution in [0.2, 0.25) is 0 Å². The lowest BCUT2D eigenvalue weighted by Crippen LogP contribution is -2.27. The molecule has 4 rings (SSSR count). The zero-order chi connectivity index (χ0) is 26.4. The largest absolute Gasteiger partial charge is 0.416 e. The van der Waals surface area contributed by atoms with Gasteiger partial charge < -0.3 is 5.32 Å². The van der Waals surface area contributed by atoms with Gasteiger partial charge in [0.15, 0.2) is 0 Å². The third-order valence-corrected chi connectivity index (χ3v) is 6.64. The van der Waals surface area contributed by atoms with Crippen molar-refractivity contribution in [2.45, 2.75) is 38.8 Å². The molecule has 4 aromatic rings. The van der Waals surface area contributed by atoms with Crippen molar-refractivity contribution >= 4 is 17.2 Å². The number of alkyl halides is 3. The van der Waals surface area contributed by atoms with Gasteiger partial charge in [0.1, 0.15) is 16.5 Å². The van der Waals surface area contributed by atoms with Crippen LogP contribution >= 0.6 is 11.3 Å². The van der Waals surface area contributed by atoms with E-state index in [0.29, 0.717) is 16.1 Å². The minimum absolute atomic E-state index is 0.143. The van der Waals surface area contributed by atoms with E-state index < -0.39 is 17.6 Å². The third-order valence-electron chi connectivity index (χ3n) is 5.80. The second-order valence-electron chi connectivity index (χ2n) is 8.67. The Kier molecular flexibility index (Phi) is 8.35.